The quantitative estimate of drug-likeness (QED) is 0.840. The molecule has 2 fully saturated rings. The zero-order chi connectivity index (χ0) is 13.9. The van der Waals surface area contributed by atoms with E-state index in [2.05, 4.69) is 25.8 Å². The number of aliphatic hydroxyl groups excluding tert-OH is 1. The van der Waals surface area contributed by atoms with E-state index >= 15 is 0 Å². The van der Waals surface area contributed by atoms with Crippen molar-refractivity contribution in [1.82, 2.24) is 4.90 Å². The van der Waals surface area contributed by atoms with E-state index in [0.717, 1.165) is 24.4 Å². The van der Waals surface area contributed by atoms with Gasteiger partial charge in [-0.3, -0.25) is 0 Å². The van der Waals surface area contributed by atoms with Crippen LogP contribution in [0.2, 0.25) is 0 Å². The Morgan fingerprint density at radius 2 is 1.74 bits per heavy atom. The molecule has 2 nitrogen and oxygen atoms in total. The Balaban J connectivity index is 1.90. The number of hydrogen-bond donors (Lipinski definition) is 1. The maximum absolute atomic E-state index is 9.92. The average molecular weight is 267 g/mol. The van der Waals surface area contributed by atoms with E-state index < -0.39 is 0 Å². The molecule has 2 atom stereocenters. The first kappa shape index (κ1) is 15.3. The van der Waals surface area contributed by atoms with Crippen LogP contribution >= 0.6 is 0 Å². The molecule has 2 saturated carbocycles. The molecule has 0 aromatic carbocycles. The summed E-state index contributed by atoms with van der Waals surface area (Å²) < 4.78 is 0. The van der Waals surface area contributed by atoms with Gasteiger partial charge in [-0.2, -0.15) is 0 Å². The van der Waals surface area contributed by atoms with E-state index in [-0.39, 0.29) is 5.41 Å². The summed E-state index contributed by atoms with van der Waals surface area (Å²) in [5, 5.41) is 9.92. The van der Waals surface area contributed by atoms with Gasteiger partial charge in [0, 0.05) is 24.6 Å². The second-order valence-electron chi connectivity index (χ2n) is 7.69. The molecule has 0 bridgehead atoms. The monoisotopic (exact) mass is 267 g/mol. The Kier molecular flexibility index (Phi) is 5.30. The van der Waals surface area contributed by atoms with Crippen molar-refractivity contribution in [2.75, 3.05) is 20.2 Å². The predicted molar refractivity (Wildman–Crippen MR) is 81.2 cm³/mol. The average Bonchev–Trinajstić information content (AvgIpc) is 2.39. The molecule has 2 unspecified atom stereocenters. The van der Waals surface area contributed by atoms with Crippen LogP contribution in [0.1, 0.15) is 65.2 Å². The van der Waals surface area contributed by atoms with Gasteiger partial charge in [0.05, 0.1) is 0 Å². The summed E-state index contributed by atoms with van der Waals surface area (Å²) in [7, 11) is 2.29. The zero-order valence-corrected chi connectivity index (χ0v) is 13.2. The van der Waals surface area contributed by atoms with Crippen LogP contribution in [-0.2, 0) is 0 Å². The van der Waals surface area contributed by atoms with E-state index in [9.17, 15) is 5.11 Å². The summed E-state index contributed by atoms with van der Waals surface area (Å²) in [5.74, 6) is 1.71. The number of rotatable bonds is 4. The van der Waals surface area contributed by atoms with Gasteiger partial charge in [-0.25, -0.2) is 0 Å². The summed E-state index contributed by atoms with van der Waals surface area (Å²) in [6.45, 7) is 6.22. The maximum Gasteiger partial charge on any atom is 0.0499 e. The van der Waals surface area contributed by atoms with Crippen LogP contribution in [0.15, 0.2) is 0 Å². The molecule has 19 heavy (non-hydrogen) atoms. The third kappa shape index (κ3) is 3.95. The predicted octanol–water partition coefficient (Wildman–Crippen LogP) is 3.69. The normalized spacial score (nSPS) is 40.6. The minimum atomic E-state index is 0.190. The van der Waals surface area contributed by atoms with Crippen LogP contribution in [0.4, 0.5) is 0 Å². The van der Waals surface area contributed by atoms with Crippen molar-refractivity contribution < 1.29 is 5.11 Å². The highest BCUT2D eigenvalue weighted by molar-refractivity contribution is 4.89. The van der Waals surface area contributed by atoms with Crippen LogP contribution in [0, 0.1) is 17.3 Å². The summed E-state index contributed by atoms with van der Waals surface area (Å²) in [6, 6.07) is 0.761. The van der Waals surface area contributed by atoms with Crippen molar-refractivity contribution in [3.05, 3.63) is 0 Å². The first-order valence-electron chi connectivity index (χ1n) is 8.36. The molecular weight excluding hydrogens is 234 g/mol. The Bertz CT molecular complexity index is 272. The molecule has 0 aromatic heterocycles. The van der Waals surface area contributed by atoms with E-state index in [1.54, 1.807) is 0 Å². The van der Waals surface area contributed by atoms with Gasteiger partial charge in [0.15, 0.2) is 0 Å². The standard InChI is InChI=1S/C17H33NO/c1-14-6-8-16(9-7-14)18(3)12-17(13-19)10-4-5-15(2)11-17/h14-16,19H,4-13H2,1-3H3. The topological polar surface area (TPSA) is 23.5 Å². The van der Waals surface area contributed by atoms with E-state index in [1.165, 1.54) is 51.4 Å². The molecule has 1 N–H and O–H groups in total. The largest absolute Gasteiger partial charge is 0.396 e. The van der Waals surface area contributed by atoms with Crippen LogP contribution in [0.5, 0.6) is 0 Å². The molecule has 0 amide bonds. The van der Waals surface area contributed by atoms with Gasteiger partial charge >= 0.3 is 0 Å². The lowest BCUT2D eigenvalue weighted by atomic mass is 9.70. The highest BCUT2D eigenvalue weighted by Gasteiger charge is 2.36. The molecule has 2 aliphatic rings. The second kappa shape index (κ2) is 6.58. The van der Waals surface area contributed by atoms with E-state index in [4.69, 9.17) is 0 Å². The highest BCUT2D eigenvalue weighted by atomic mass is 16.3. The van der Waals surface area contributed by atoms with Crippen molar-refractivity contribution in [3.63, 3.8) is 0 Å². The summed E-state index contributed by atoms with van der Waals surface area (Å²) >= 11 is 0. The maximum atomic E-state index is 9.92. The molecule has 0 radical (unpaired) electrons. The van der Waals surface area contributed by atoms with E-state index in [1.807, 2.05) is 0 Å². The van der Waals surface area contributed by atoms with Gasteiger partial charge in [0.2, 0.25) is 0 Å². The van der Waals surface area contributed by atoms with Gasteiger partial charge in [-0.15, -0.1) is 0 Å². The van der Waals surface area contributed by atoms with E-state index in [0.29, 0.717) is 6.61 Å². The number of hydrogen-bond acceptors (Lipinski definition) is 2. The summed E-state index contributed by atoms with van der Waals surface area (Å²) in [4.78, 5) is 2.57. The van der Waals surface area contributed by atoms with Crippen molar-refractivity contribution in [2.24, 2.45) is 17.3 Å². The molecule has 0 spiro atoms. The van der Waals surface area contributed by atoms with Crippen LogP contribution in [-0.4, -0.2) is 36.2 Å². The Morgan fingerprint density at radius 3 is 2.32 bits per heavy atom. The molecule has 112 valence electrons. The fourth-order valence-corrected chi connectivity index (χ4v) is 4.45. The van der Waals surface area contributed by atoms with Crippen molar-refractivity contribution >= 4 is 0 Å². The molecular formula is C17H33NO. The van der Waals surface area contributed by atoms with Crippen LogP contribution in [0.25, 0.3) is 0 Å². The minimum Gasteiger partial charge on any atom is -0.396 e. The first-order valence-corrected chi connectivity index (χ1v) is 8.36. The fourth-order valence-electron chi connectivity index (χ4n) is 4.45. The summed E-state index contributed by atoms with van der Waals surface area (Å²) in [6.07, 6.45) is 10.6. The molecule has 0 aromatic rings. The van der Waals surface area contributed by atoms with Gasteiger partial charge < -0.3 is 10.0 Å². The Morgan fingerprint density at radius 1 is 1.05 bits per heavy atom. The van der Waals surface area contributed by atoms with Gasteiger partial charge in [0.25, 0.3) is 0 Å². The van der Waals surface area contributed by atoms with Gasteiger partial charge in [-0.05, 0) is 57.4 Å². The lowest BCUT2D eigenvalue weighted by Crippen LogP contribution is -2.46. The second-order valence-corrected chi connectivity index (χ2v) is 7.69. The lowest BCUT2D eigenvalue weighted by molar-refractivity contribution is 0.0129. The lowest BCUT2D eigenvalue weighted by Gasteiger charge is -2.44. The molecule has 2 heteroatoms. The van der Waals surface area contributed by atoms with Crippen LogP contribution < -0.4 is 0 Å². The minimum absolute atomic E-state index is 0.190. The van der Waals surface area contributed by atoms with Gasteiger partial charge in [-0.1, -0.05) is 26.7 Å². The molecule has 0 heterocycles. The number of aliphatic hydroxyl groups is 1. The number of nitrogens with zero attached hydrogens (tertiary/aromatic N) is 1. The third-order valence-electron chi connectivity index (χ3n) is 5.71. The van der Waals surface area contributed by atoms with Gasteiger partial charge in [0.1, 0.15) is 0 Å². The first-order chi connectivity index (χ1) is 9.04. The molecule has 0 saturated heterocycles. The van der Waals surface area contributed by atoms with Crippen molar-refractivity contribution in [2.45, 2.75) is 71.3 Å². The van der Waals surface area contributed by atoms with Crippen molar-refractivity contribution in [3.8, 4) is 0 Å². The molecule has 2 rings (SSSR count). The Hall–Kier alpha value is -0.0800. The highest BCUT2D eigenvalue weighted by Crippen LogP contribution is 2.40. The SMILES string of the molecule is CC1CCC(N(C)CC2(CO)CCCC(C)C2)CC1. The zero-order valence-electron chi connectivity index (χ0n) is 13.2. The van der Waals surface area contributed by atoms with Crippen LogP contribution in [0.3, 0.4) is 0 Å². The summed E-state index contributed by atoms with van der Waals surface area (Å²) in [5.41, 5.74) is 0.190. The molecule has 2 aliphatic carbocycles. The smallest absolute Gasteiger partial charge is 0.0499 e. The Labute approximate surface area is 119 Å². The third-order valence-corrected chi connectivity index (χ3v) is 5.71. The molecule has 0 aliphatic heterocycles. The van der Waals surface area contributed by atoms with Crippen molar-refractivity contribution in [1.29, 1.82) is 0 Å². The fraction of sp³-hybridized carbons (Fsp3) is 1.00.